The summed E-state index contributed by atoms with van der Waals surface area (Å²) in [5.41, 5.74) is 1.04. The van der Waals surface area contributed by atoms with E-state index in [1.807, 2.05) is 24.3 Å². The number of aliphatic hydroxyl groups excluding tert-OH is 1. The fraction of sp³-hybridized carbons (Fsp3) is 0. The Bertz CT molecular complexity index is 711. The van der Waals surface area contributed by atoms with Gasteiger partial charge in [0, 0.05) is 0 Å². The Morgan fingerprint density at radius 3 is 2.24 bits per heavy atom. The molecule has 0 aromatic heterocycles. The first-order chi connectivity index (χ1) is 8.38. The smallest absolute Gasteiger partial charge is 0.0797 e. The minimum Gasteiger partial charge on any atom is -0.516 e. The van der Waals surface area contributed by atoms with Crippen LogP contribution < -0.4 is 0 Å². The molecule has 3 aromatic rings. The minimum atomic E-state index is 1.04. The molecule has 0 fully saturated rings. The zero-order valence-electron chi connectivity index (χ0n) is 9.30. The fourth-order valence-corrected chi connectivity index (χ4v) is 2.22. The molecule has 0 saturated heterocycles. The lowest BCUT2D eigenvalue weighted by Gasteiger charge is -2.05. The van der Waals surface area contributed by atoms with Crippen molar-refractivity contribution in [1.82, 2.24) is 0 Å². The molecule has 1 N–H and O–H groups in total. The molecule has 0 spiro atoms. The number of rotatable bonds is 1. The molecule has 0 aliphatic heterocycles. The molecule has 3 rings (SSSR count). The molecule has 0 radical (unpaired) electrons. The SMILES string of the molecule is OC=Cc1cccc2cc3ccccc3cc12. The van der Waals surface area contributed by atoms with Crippen LogP contribution in [0.25, 0.3) is 27.6 Å². The van der Waals surface area contributed by atoms with Crippen molar-refractivity contribution in [1.29, 1.82) is 0 Å². The fourth-order valence-electron chi connectivity index (χ4n) is 2.22. The maximum atomic E-state index is 8.91. The van der Waals surface area contributed by atoms with E-state index in [1.54, 1.807) is 6.08 Å². The maximum Gasteiger partial charge on any atom is 0.0797 e. The van der Waals surface area contributed by atoms with Crippen LogP contribution in [0, 0.1) is 0 Å². The van der Waals surface area contributed by atoms with E-state index in [9.17, 15) is 0 Å². The van der Waals surface area contributed by atoms with Gasteiger partial charge < -0.3 is 5.11 Å². The summed E-state index contributed by atoms with van der Waals surface area (Å²) in [4.78, 5) is 0. The lowest BCUT2D eigenvalue weighted by molar-refractivity contribution is 0.478. The van der Waals surface area contributed by atoms with Crippen LogP contribution in [0.5, 0.6) is 0 Å². The van der Waals surface area contributed by atoms with Crippen molar-refractivity contribution in [3.8, 4) is 0 Å². The van der Waals surface area contributed by atoms with Gasteiger partial charge in [-0.25, -0.2) is 0 Å². The number of benzene rings is 3. The third kappa shape index (κ3) is 1.66. The highest BCUT2D eigenvalue weighted by atomic mass is 16.2. The molecule has 1 heteroatoms. The van der Waals surface area contributed by atoms with Gasteiger partial charge in [0.1, 0.15) is 0 Å². The van der Waals surface area contributed by atoms with Gasteiger partial charge >= 0.3 is 0 Å². The zero-order chi connectivity index (χ0) is 11.7. The molecule has 0 aliphatic rings. The molecule has 0 heterocycles. The molecule has 0 aliphatic carbocycles. The van der Waals surface area contributed by atoms with Crippen LogP contribution in [0.3, 0.4) is 0 Å². The molecule has 3 aromatic carbocycles. The van der Waals surface area contributed by atoms with Gasteiger partial charge in [0.05, 0.1) is 6.26 Å². The number of hydrogen-bond donors (Lipinski definition) is 1. The molecule has 0 amide bonds. The first-order valence-electron chi connectivity index (χ1n) is 5.61. The van der Waals surface area contributed by atoms with E-state index in [-0.39, 0.29) is 0 Å². The summed E-state index contributed by atoms with van der Waals surface area (Å²) in [5, 5.41) is 13.7. The van der Waals surface area contributed by atoms with Gasteiger partial charge in [0.25, 0.3) is 0 Å². The predicted molar refractivity (Wildman–Crippen MR) is 73.1 cm³/mol. The van der Waals surface area contributed by atoms with Gasteiger partial charge in [-0.15, -0.1) is 0 Å². The Balaban J connectivity index is 2.43. The first-order valence-corrected chi connectivity index (χ1v) is 5.61. The van der Waals surface area contributed by atoms with E-state index < -0.39 is 0 Å². The van der Waals surface area contributed by atoms with Crippen molar-refractivity contribution >= 4 is 27.6 Å². The highest BCUT2D eigenvalue weighted by Gasteiger charge is 2.00. The standard InChI is InChI=1S/C16H12O/c17-9-8-12-6-3-7-15-10-13-4-1-2-5-14(13)11-16(12)15/h1-11,17H. The Labute approximate surface area is 99.6 Å². The van der Waals surface area contributed by atoms with Crippen LogP contribution in [0.4, 0.5) is 0 Å². The van der Waals surface area contributed by atoms with Crippen molar-refractivity contribution in [3.05, 3.63) is 66.4 Å². The quantitative estimate of drug-likeness (QED) is 0.472. The van der Waals surface area contributed by atoms with Gasteiger partial charge in [-0.3, -0.25) is 0 Å². The van der Waals surface area contributed by atoms with Crippen molar-refractivity contribution in [3.63, 3.8) is 0 Å². The molecule has 82 valence electrons. The van der Waals surface area contributed by atoms with Crippen molar-refractivity contribution in [2.45, 2.75) is 0 Å². The Morgan fingerprint density at radius 2 is 1.47 bits per heavy atom. The molecule has 0 unspecified atom stereocenters. The van der Waals surface area contributed by atoms with Crippen LogP contribution in [0.2, 0.25) is 0 Å². The second-order valence-electron chi connectivity index (χ2n) is 4.08. The topological polar surface area (TPSA) is 20.2 Å². The molecule has 17 heavy (non-hydrogen) atoms. The third-order valence-electron chi connectivity index (χ3n) is 3.03. The van der Waals surface area contributed by atoms with E-state index in [1.165, 1.54) is 16.2 Å². The number of hydrogen-bond acceptors (Lipinski definition) is 1. The van der Waals surface area contributed by atoms with Crippen LogP contribution in [-0.2, 0) is 0 Å². The molecular weight excluding hydrogens is 208 g/mol. The summed E-state index contributed by atoms with van der Waals surface area (Å²) in [7, 11) is 0. The van der Waals surface area contributed by atoms with E-state index in [0.29, 0.717) is 0 Å². The average molecular weight is 220 g/mol. The predicted octanol–water partition coefficient (Wildman–Crippen LogP) is 4.52. The van der Waals surface area contributed by atoms with Crippen LogP contribution in [0.1, 0.15) is 5.56 Å². The van der Waals surface area contributed by atoms with Gasteiger partial charge in [-0.2, -0.15) is 0 Å². The summed E-state index contributed by atoms with van der Waals surface area (Å²) in [6.45, 7) is 0. The van der Waals surface area contributed by atoms with E-state index >= 15 is 0 Å². The van der Waals surface area contributed by atoms with E-state index in [0.717, 1.165) is 17.2 Å². The lowest BCUT2D eigenvalue weighted by Crippen LogP contribution is -1.80. The second-order valence-corrected chi connectivity index (χ2v) is 4.08. The summed E-state index contributed by atoms with van der Waals surface area (Å²) < 4.78 is 0. The summed E-state index contributed by atoms with van der Waals surface area (Å²) >= 11 is 0. The van der Waals surface area contributed by atoms with Gasteiger partial charge in [-0.1, -0.05) is 42.5 Å². The monoisotopic (exact) mass is 220 g/mol. The van der Waals surface area contributed by atoms with Crippen molar-refractivity contribution < 1.29 is 5.11 Å². The van der Waals surface area contributed by atoms with Gasteiger partial charge in [0.15, 0.2) is 0 Å². The average Bonchev–Trinajstić information content (AvgIpc) is 2.37. The molecule has 0 saturated carbocycles. The Morgan fingerprint density at radius 1 is 0.765 bits per heavy atom. The van der Waals surface area contributed by atoms with E-state index in [4.69, 9.17) is 5.11 Å². The highest BCUT2D eigenvalue weighted by molar-refractivity contribution is 6.01. The minimum absolute atomic E-state index is 1.04. The first kappa shape index (κ1) is 9.91. The van der Waals surface area contributed by atoms with Crippen LogP contribution in [-0.4, -0.2) is 5.11 Å². The lowest BCUT2D eigenvalue weighted by atomic mass is 10.00. The van der Waals surface area contributed by atoms with Gasteiger partial charge in [-0.05, 0) is 45.3 Å². The Hall–Kier alpha value is -2.28. The third-order valence-corrected chi connectivity index (χ3v) is 3.03. The summed E-state index contributed by atoms with van der Waals surface area (Å²) in [6.07, 6.45) is 2.81. The number of aliphatic hydroxyl groups is 1. The summed E-state index contributed by atoms with van der Waals surface area (Å²) in [6, 6.07) is 18.8. The summed E-state index contributed by atoms with van der Waals surface area (Å²) in [5.74, 6) is 0. The molecule has 1 nitrogen and oxygen atoms in total. The number of fused-ring (bicyclic) bond motifs is 2. The van der Waals surface area contributed by atoms with E-state index in [2.05, 4.69) is 30.3 Å². The Kier molecular flexibility index (Phi) is 2.30. The highest BCUT2D eigenvalue weighted by Crippen LogP contribution is 2.26. The normalized spacial score (nSPS) is 11.5. The van der Waals surface area contributed by atoms with Crippen molar-refractivity contribution in [2.75, 3.05) is 0 Å². The zero-order valence-corrected chi connectivity index (χ0v) is 9.30. The second kappa shape index (κ2) is 3.95. The molecule has 0 atom stereocenters. The largest absolute Gasteiger partial charge is 0.516 e. The van der Waals surface area contributed by atoms with Crippen LogP contribution in [0.15, 0.2) is 60.9 Å². The molecule has 0 bridgehead atoms. The van der Waals surface area contributed by atoms with Crippen molar-refractivity contribution in [2.24, 2.45) is 0 Å². The molecular formula is C16H12O. The maximum absolute atomic E-state index is 8.91. The van der Waals surface area contributed by atoms with Crippen LogP contribution >= 0.6 is 0 Å². The van der Waals surface area contributed by atoms with Gasteiger partial charge in [0.2, 0.25) is 0 Å².